The van der Waals surface area contributed by atoms with Crippen LogP contribution in [0.5, 0.6) is 0 Å². The van der Waals surface area contributed by atoms with Crippen molar-refractivity contribution in [3.63, 3.8) is 0 Å². The molecular weight excluding hydrogens is 459 g/mol. The average Bonchev–Trinajstić information content (AvgIpc) is 3.22. The van der Waals surface area contributed by atoms with Crippen molar-refractivity contribution in [1.29, 1.82) is 0 Å². The maximum atomic E-state index is 13.1. The molecule has 0 unspecified atom stereocenters. The molecule has 1 N–H and O–H groups in total. The van der Waals surface area contributed by atoms with E-state index in [0.29, 0.717) is 11.4 Å². The van der Waals surface area contributed by atoms with Crippen molar-refractivity contribution in [3.05, 3.63) is 92.2 Å². The Morgan fingerprint density at radius 2 is 1.75 bits per heavy atom. The second kappa shape index (κ2) is 8.29. The normalized spacial score (nSPS) is 15.2. The zero-order valence-corrected chi connectivity index (χ0v) is 17.5. The van der Waals surface area contributed by atoms with Crippen molar-refractivity contribution >= 4 is 58.5 Å². The van der Waals surface area contributed by atoms with Gasteiger partial charge in [-0.2, -0.15) is 0 Å². The fraction of sp³-hybridized carbons (Fsp3) is 0. The maximum absolute atomic E-state index is 13.1. The van der Waals surface area contributed by atoms with E-state index in [9.17, 15) is 24.5 Å². The first-order valence-electron chi connectivity index (χ1n) is 9.05. The summed E-state index contributed by atoms with van der Waals surface area (Å²) in [5.74, 6) is -1.78. The Hall–Kier alpha value is -3.95. The summed E-state index contributed by atoms with van der Waals surface area (Å²) in [6.45, 7) is 0. The van der Waals surface area contributed by atoms with E-state index in [-0.39, 0.29) is 27.0 Å². The lowest BCUT2D eigenvalue weighted by Crippen LogP contribution is -2.54. The molecule has 9 nitrogen and oxygen atoms in total. The Morgan fingerprint density at radius 3 is 2.50 bits per heavy atom. The summed E-state index contributed by atoms with van der Waals surface area (Å²) in [5, 5.41) is 13.3. The van der Waals surface area contributed by atoms with Crippen LogP contribution in [0.1, 0.15) is 5.69 Å². The summed E-state index contributed by atoms with van der Waals surface area (Å²) >= 11 is 12.2. The van der Waals surface area contributed by atoms with E-state index >= 15 is 0 Å². The number of benzene rings is 2. The molecule has 32 heavy (non-hydrogen) atoms. The third kappa shape index (κ3) is 3.75. The molecule has 1 aliphatic heterocycles. The number of hydrogen-bond donors (Lipinski definition) is 1. The van der Waals surface area contributed by atoms with E-state index in [1.165, 1.54) is 42.5 Å². The summed E-state index contributed by atoms with van der Waals surface area (Å²) in [7, 11) is 0. The summed E-state index contributed by atoms with van der Waals surface area (Å²) in [6.07, 6.45) is 2.90. The first-order valence-corrected chi connectivity index (χ1v) is 9.81. The number of carbonyl (C=O) groups excluding carboxylic acids is 3. The molecule has 0 bridgehead atoms. The molecule has 0 spiro atoms. The van der Waals surface area contributed by atoms with Crippen LogP contribution in [-0.2, 0) is 9.59 Å². The van der Waals surface area contributed by atoms with Gasteiger partial charge < -0.3 is 4.57 Å². The second-order valence-electron chi connectivity index (χ2n) is 6.61. The van der Waals surface area contributed by atoms with Crippen LogP contribution in [0.4, 0.5) is 16.2 Å². The lowest BCUT2D eigenvalue weighted by molar-refractivity contribution is -0.384. The van der Waals surface area contributed by atoms with Crippen molar-refractivity contribution < 1.29 is 19.3 Å². The van der Waals surface area contributed by atoms with Crippen molar-refractivity contribution in [2.45, 2.75) is 0 Å². The zero-order chi connectivity index (χ0) is 23.0. The van der Waals surface area contributed by atoms with Gasteiger partial charge in [0.1, 0.15) is 5.57 Å². The molecule has 4 amide bonds. The minimum absolute atomic E-state index is 0.0219. The van der Waals surface area contributed by atoms with Crippen LogP contribution >= 0.6 is 23.2 Å². The standard InChI is InChI=1S/C21H12Cl2N4O5/c22-16-7-2-8-17(18(16)23)26-20(29)15(19(28)24-21(26)30)11-13-6-3-9-25(13)12-4-1-5-14(10-12)27(31)32/h1-11H,(H,24,28,30)/b15-11-. The van der Waals surface area contributed by atoms with Crippen LogP contribution in [0.15, 0.2) is 66.4 Å². The molecule has 2 heterocycles. The van der Waals surface area contributed by atoms with Crippen LogP contribution < -0.4 is 10.2 Å². The molecule has 0 aliphatic carbocycles. The number of urea groups is 1. The van der Waals surface area contributed by atoms with E-state index in [1.807, 2.05) is 0 Å². The van der Waals surface area contributed by atoms with Gasteiger partial charge in [-0.05, 0) is 36.4 Å². The number of rotatable bonds is 4. The number of amides is 4. The van der Waals surface area contributed by atoms with E-state index in [1.54, 1.807) is 29.0 Å². The van der Waals surface area contributed by atoms with Gasteiger partial charge in [0.25, 0.3) is 17.5 Å². The third-order valence-electron chi connectivity index (χ3n) is 4.67. The summed E-state index contributed by atoms with van der Waals surface area (Å²) < 4.78 is 1.56. The molecule has 0 atom stereocenters. The molecule has 1 aromatic heterocycles. The highest BCUT2D eigenvalue weighted by molar-refractivity contribution is 6.46. The van der Waals surface area contributed by atoms with Crippen molar-refractivity contribution in [1.82, 2.24) is 9.88 Å². The average molecular weight is 471 g/mol. The molecule has 2 aromatic carbocycles. The maximum Gasteiger partial charge on any atom is 0.336 e. The molecule has 0 radical (unpaired) electrons. The summed E-state index contributed by atoms with van der Waals surface area (Å²) in [4.78, 5) is 49.2. The van der Waals surface area contributed by atoms with E-state index < -0.39 is 22.8 Å². The molecule has 3 aromatic rings. The minimum atomic E-state index is -0.963. The van der Waals surface area contributed by atoms with Crippen LogP contribution in [0.25, 0.3) is 11.8 Å². The predicted molar refractivity (Wildman–Crippen MR) is 118 cm³/mol. The number of hydrogen-bond acceptors (Lipinski definition) is 5. The number of carbonyl (C=O) groups is 3. The monoisotopic (exact) mass is 470 g/mol. The predicted octanol–water partition coefficient (Wildman–Crippen LogP) is 4.36. The number of nitro benzene ring substituents is 1. The highest BCUT2D eigenvalue weighted by Gasteiger charge is 2.38. The second-order valence-corrected chi connectivity index (χ2v) is 7.40. The van der Waals surface area contributed by atoms with Gasteiger partial charge >= 0.3 is 6.03 Å². The lowest BCUT2D eigenvalue weighted by atomic mass is 10.1. The molecule has 11 heteroatoms. The SMILES string of the molecule is O=C1NC(=O)N(c2cccc(Cl)c2Cl)C(=O)/C1=C\c1cccn1-c1cccc([N+](=O)[O-])c1. The quantitative estimate of drug-likeness (QED) is 0.263. The first kappa shape index (κ1) is 21.3. The summed E-state index contributed by atoms with van der Waals surface area (Å²) in [6, 6.07) is 12.6. The minimum Gasteiger partial charge on any atom is -0.317 e. The van der Waals surface area contributed by atoms with Gasteiger partial charge in [0.05, 0.1) is 26.3 Å². The summed E-state index contributed by atoms with van der Waals surface area (Å²) in [5.41, 5.74) is 0.412. The highest BCUT2D eigenvalue weighted by Crippen LogP contribution is 2.34. The number of nitrogens with one attached hydrogen (secondary N) is 1. The van der Waals surface area contributed by atoms with Gasteiger partial charge in [-0.3, -0.25) is 25.0 Å². The van der Waals surface area contributed by atoms with Crippen LogP contribution in [0.2, 0.25) is 10.0 Å². The lowest BCUT2D eigenvalue weighted by Gasteiger charge is -2.27. The van der Waals surface area contributed by atoms with Gasteiger partial charge in [-0.1, -0.05) is 35.3 Å². The fourth-order valence-electron chi connectivity index (χ4n) is 3.19. The molecular formula is C21H12Cl2N4O5. The number of anilines is 1. The number of aromatic nitrogens is 1. The van der Waals surface area contributed by atoms with Gasteiger partial charge in [-0.25, -0.2) is 9.69 Å². The molecule has 1 aliphatic rings. The number of imide groups is 2. The Labute approximate surface area is 190 Å². The highest BCUT2D eigenvalue weighted by atomic mass is 35.5. The van der Waals surface area contributed by atoms with Gasteiger partial charge in [0.15, 0.2) is 0 Å². The Bertz CT molecular complexity index is 1330. The van der Waals surface area contributed by atoms with Crippen LogP contribution in [0, 0.1) is 10.1 Å². The zero-order valence-electron chi connectivity index (χ0n) is 16.0. The first-order chi connectivity index (χ1) is 15.3. The van der Waals surface area contributed by atoms with Gasteiger partial charge in [0.2, 0.25) is 0 Å². The van der Waals surface area contributed by atoms with Crippen molar-refractivity contribution in [2.24, 2.45) is 0 Å². The van der Waals surface area contributed by atoms with Crippen LogP contribution in [-0.4, -0.2) is 27.3 Å². The van der Waals surface area contributed by atoms with Crippen LogP contribution in [0.3, 0.4) is 0 Å². The van der Waals surface area contributed by atoms with Crippen molar-refractivity contribution in [2.75, 3.05) is 4.90 Å². The van der Waals surface area contributed by atoms with E-state index in [4.69, 9.17) is 23.2 Å². The van der Waals surface area contributed by atoms with Gasteiger partial charge in [0, 0.05) is 24.0 Å². The molecule has 1 saturated heterocycles. The largest absolute Gasteiger partial charge is 0.336 e. The third-order valence-corrected chi connectivity index (χ3v) is 5.47. The number of halogens is 2. The molecule has 0 saturated carbocycles. The Kier molecular flexibility index (Phi) is 5.52. The number of nitro groups is 1. The topological polar surface area (TPSA) is 115 Å². The van der Waals surface area contributed by atoms with Gasteiger partial charge in [-0.15, -0.1) is 0 Å². The Balaban J connectivity index is 1.77. The molecule has 1 fully saturated rings. The van der Waals surface area contributed by atoms with E-state index in [2.05, 4.69) is 5.32 Å². The van der Waals surface area contributed by atoms with E-state index in [0.717, 1.165) is 4.90 Å². The molecule has 4 rings (SSSR count). The Morgan fingerprint density at radius 1 is 1.00 bits per heavy atom. The molecule has 160 valence electrons. The number of nitrogens with zero attached hydrogens (tertiary/aromatic N) is 3. The number of barbiturate groups is 1. The number of non-ortho nitro benzene ring substituents is 1. The smallest absolute Gasteiger partial charge is 0.317 e. The van der Waals surface area contributed by atoms with Crippen molar-refractivity contribution in [3.8, 4) is 5.69 Å². The fourth-order valence-corrected chi connectivity index (χ4v) is 3.57.